The topological polar surface area (TPSA) is 56.4 Å². The van der Waals surface area contributed by atoms with E-state index in [9.17, 15) is 14.0 Å². The Balaban J connectivity index is 1.31. The first-order valence-electron chi connectivity index (χ1n) is 9.49. The van der Waals surface area contributed by atoms with Crippen LogP contribution in [0.4, 0.5) is 4.39 Å². The molecule has 0 unspecified atom stereocenters. The summed E-state index contributed by atoms with van der Waals surface area (Å²) >= 11 is 0. The average molecular weight is 379 g/mol. The minimum Gasteiger partial charge on any atom is -0.361 e. The number of hydrogen-bond acceptors (Lipinski definition) is 2. The van der Waals surface area contributed by atoms with Crippen molar-refractivity contribution in [1.82, 2.24) is 14.8 Å². The highest BCUT2D eigenvalue weighted by atomic mass is 19.1. The molecule has 1 aliphatic rings. The summed E-state index contributed by atoms with van der Waals surface area (Å²) in [5, 5.41) is 1.15. The predicted octanol–water partition coefficient (Wildman–Crippen LogP) is 3.22. The number of halogens is 1. The van der Waals surface area contributed by atoms with Crippen LogP contribution in [-0.4, -0.2) is 52.8 Å². The Kier molecular flexibility index (Phi) is 5.10. The largest absolute Gasteiger partial charge is 0.361 e. The fraction of sp³-hybridized carbons (Fsp3) is 0.273. The van der Waals surface area contributed by atoms with E-state index in [-0.39, 0.29) is 11.8 Å². The summed E-state index contributed by atoms with van der Waals surface area (Å²) in [6.45, 7) is 1.95. The van der Waals surface area contributed by atoms with Gasteiger partial charge in [-0.1, -0.05) is 24.3 Å². The van der Waals surface area contributed by atoms with Crippen molar-refractivity contribution in [3.05, 3.63) is 71.7 Å². The Morgan fingerprint density at radius 1 is 0.964 bits per heavy atom. The van der Waals surface area contributed by atoms with Gasteiger partial charge in [0.25, 0.3) is 5.91 Å². The molecule has 1 aromatic heterocycles. The van der Waals surface area contributed by atoms with Crippen molar-refractivity contribution in [3.8, 4) is 0 Å². The summed E-state index contributed by atoms with van der Waals surface area (Å²) in [6, 6.07) is 13.8. The number of benzene rings is 2. The second-order valence-electron chi connectivity index (χ2n) is 7.04. The number of aromatic nitrogens is 1. The molecule has 0 atom stereocenters. The van der Waals surface area contributed by atoms with Crippen LogP contribution in [-0.2, 0) is 11.2 Å². The van der Waals surface area contributed by atoms with Crippen molar-refractivity contribution in [3.63, 3.8) is 0 Å². The molecule has 144 valence electrons. The maximum atomic E-state index is 13.3. The van der Waals surface area contributed by atoms with E-state index in [4.69, 9.17) is 0 Å². The molecule has 0 aliphatic carbocycles. The van der Waals surface area contributed by atoms with Crippen molar-refractivity contribution in [1.29, 1.82) is 0 Å². The third-order valence-corrected chi connectivity index (χ3v) is 5.27. The average Bonchev–Trinajstić information content (AvgIpc) is 3.15. The van der Waals surface area contributed by atoms with Crippen LogP contribution in [0.3, 0.4) is 0 Å². The van der Waals surface area contributed by atoms with Crippen LogP contribution in [0.25, 0.3) is 10.9 Å². The van der Waals surface area contributed by atoms with Gasteiger partial charge in [0.15, 0.2) is 0 Å². The van der Waals surface area contributed by atoms with Gasteiger partial charge in [0.2, 0.25) is 5.91 Å². The van der Waals surface area contributed by atoms with Gasteiger partial charge in [0.05, 0.1) is 0 Å². The van der Waals surface area contributed by atoms with Gasteiger partial charge in [-0.3, -0.25) is 9.59 Å². The van der Waals surface area contributed by atoms with Gasteiger partial charge >= 0.3 is 0 Å². The number of H-pyrrole nitrogens is 1. The van der Waals surface area contributed by atoms with Gasteiger partial charge in [-0.05, 0) is 36.2 Å². The first-order valence-corrected chi connectivity index (χ1v) is 9.49. The van der Waals surface area contributed by atoms with Crippen LogP contribution in [0.15, 0.2) is 54.7 Å². The normalized spacial score (nSPS) is 14.5. The molecule has 2 aromatic carbocycles. The molecule has 0 spiro atoms. The number of carbonyl (C=O) groups is 2. The maximum absolute atomic E-state index is 13.3. The van der Waals surface area contributed by atoms with E-state index in [0.29, 0.717) is 44.6 Å². The number of nitrogens with zero attached hydrogens (tertiary/aromatic N) is 2. The van der Waals surface area contributed by atoms with Crippen molar-refractivity contribution in [2.75, 3.05) is 26.2 Å². The smallest absolute Gasteiger partial charge is 0.254 e. The molecule has 1 N–H and O–H groups in total. The van der Waals surface area contributed by atoms with Crippen molar-refractivity contribution in [2.24, 2.45) is 0 Å². The first kappa shape index (κ1) is 18.2. The summed E-state index contributed by atoms with van der Waals surface area (Å²) in [4.78, 5) is 31.8. The molecule has 1 aliphatic heterocycles. The number of aryl methyl sites for hydroxylation is 1. The molecule has 1 fully saturated rings. The SMILES string of the molecule is O=C(CCc1c[nH]c2ccccc12)N1CCN(C(=O)c2cccc(F)c2)CC1. The van der Waals surface area contributed by atoms with Gasteiger partial charge in [-0.15, -0.1) is 0 Å². The molecule has 0 bridgehead atoms. The minimum atomic E-state index is -0.419. The number of hydrogen-bond donors (Lipinski definition) is 1. The van der Waals surface area contributed by atoms with Crippen molar-refractivity contribution >= 4 is 22.7 Å². The molecule has 1 saturated heterocycles. The fourth-order valence-corrected chi connectivity index (χ4v) is 3.70. The molecule has 2 heterocycles. The number of fused-ring (bicyclic) bond motifs is 1. The van der Waals surface area contributed by atoms with Crippen LogP contribution in [0.1, 0.15) is 22.3 Å². The molecule has 0 radical (unpaired) electrons. The molecule has 6 heteroatoms. The number of para-hydroxylation sites is 1. The standard InChI is InChI=1S/C22H22FN3O2/c23-18-5-3-4-16(14-18)22(28)26-12-10-25(11-13-26)21(27)9-8-17-15-24-20-7-2-1-6-19(17)20/h1-7,14-15,24H,8-13H2. The summed E-state index contributed by atoms with van der Waals surface area (Å²) in [7, 11) is 0. The van der Waals surface area contributed by atoms with Gasteiger partial charge < -0.3 is 14.8 Å². The number of rotatable bonds is 4. The van der Waals surface area contributed by atoms with E-state index in [1.807, 2.05) is 29.3 Å². The quantitative estimate of drug-likeness (QED) is 0.757. The number of aromatic amines is 1. The number of nitrogens with one attached hydrogen (secondary N) is 1. The predicted molar refractivity (Wildman–Crippen MR) is 106 cm³/mol. The Bertz CT molecular complexity index is 1010. The monoisotopic (exact) mass is 379 g/mol. The Morgan fingerprint density at radius 2 is 1.71 bits per heavy atom. The molecular formula is C22H22FN3O2. The lowest BCUT2D eigenvalue weighted by molar-refractivity contribution is -0.132. The molecule has 3 aromatic rings. The zero-order chi connectivity index (χ0) is 19.5. The lowest BCUT2D eigenvalue weighted by atomic mass is 10.1. The summed E-state index contributed by atoms with van der Waals surface area (Å²) < 4.78 is 13.3. The van der Waals surface area contributed by atoms with Gasteiger partial charge in [-0.2, -0.15) is 0 Å². The molecular weight excluding hydrogens is 357 g/mol. The van der Waals surface area contributed by atoms with Crippen LogP contribution in [0.5, 0.6) is 0 Å². The van der Waals surface area contributed by atoms with Crippen LogP contribution >= 0.6 is 0 Å². The molecule has 5 nitrogen and oxygen atoms in total. The van der Waals surface area contributed by atoms with E-state index >= 15 is 0 Å². The van der Waals surface area contributed by atoms with Gasteiger partial charge in [0.1, 0.15) is 5.82 Å². The summed E-state index contributed by atoms with van der Waals surface area (Å²) in [5.41, 5.74) is 2.57. The highest BCUT2D eigenvalue weighted by molar-refractivity contribution is 5.94. The molecule has 28 heavy (non-hydrogen) atoms. The third-order valence-electron chi connectivity index (χ3n) is 5.27. The number of amides is 2. The zero-order valence-corrected chi connectivity index (χ0v) is 15.5. The van der Waals surface area contributed by atoms with E-state index in [1.54, 1.807) is 11.0 Å². The van der Waals surface area contributed by atoms with Gasteiger partial charge in [-0.25, -0.2) is 4.39 Å². The Morgan fingerprint density at radius 3 is 2.50 bits per heavy atom. The fourth-order valence-electron chi connectivity index (χ4n) is 3.70. The molecule has 4 rings (SSSR count). The maximum Gasteiger partial charge on any atom is 0.254 e. The van der Waals surface area contributed by atoms with E-state index in [2.05, 4.69) is 11.1 Å². The van der Waals surface area contributed by atoms with E-state index < -0.39 is 5.82 Å². The molecule has 2 amide bonds. The minimum absolute atomic E-state index is 0.100. The van der Waals surface area contributed by atoms with Crippen molar-refractivity contribution in [2.45, 2.75) is 12.8 Å². The zero-order valence-electron chi connectivity index (χ0n) is 15.5. The lowest BCUT2D eigenvalue weighted by Gasteiger charge is -2.35. The lowest BCUT2D eigenvalue weighted by Crippen LogP contribution is -2.50. The second kappa shape index (κ2) is 7.84. The Hall–Kier alpha value is -3.15. The van der Waals surface area contributed by atoms with E-state index in [1.165, 1.54) is 18.2 Å². The van der Waals surface area contributed by atoms with Crippen LogP contribution in [0.2, 0.25) is 0 Å². The summed E-state index contributed by atoms with van der Waals surface area (Å²) in [5.74, 6) is -0.509. The highest BCUT2D eigenvalue weighted by Crippen LogP contribution is 2.19. The van der Waals surface area contributed by atoms with Crippen LogP contribution < -0.4 is 0 Å². The summed E-state index contributed by atoms with van der Waals surface area (Å²) in [6.07, 6.45) is 3.10. The van der Waals surface area contributed by atoms with E-state index in [0.717, 1.165) is 16.5 Å². The number of piperazine rings is 1. The van der Waals surface area contributed by atoms with Gasteiger partial charge in [0, 0.05) is 55.3 Å². The third kappa shape index (κ3) is 3.76. The first-order chi connectivity index (χ1) is 13.6. The molecule has 0 saturated carbocycles. The van der Waals surface area contributed by atoms with Crippen molar-refractivity contribution < 1.29 is 14.0 Å². The van der Waals surface area contributed by atoms with Crippen LogP contribution in [0, 0.1) is 5.82 Å². The number of carbonyl (C=O) groups excluding carboxylic acids is 2. The Labute approximate surface area is 162 Å². The second-order valence-corrected chi connectivity index (χ2v) is 7.04. The highest BCUT2D eigenvalue weighted by Gasteiger charge is 2.25.